The van der Waals surface area contributed by atoms with Crippen molar-refractivity contribution >= 4 is 29.1 Å². The molecule has 0 saturated carbocycles. The number of ether oxygens (including phenoxy) is 1. The lowest BCUT2D eigenvalue weighted by molar-refractivity contribution is 0.0951. The predicted molar refractivity (Wildman–Crippen MR) is 69.9 cm³/mol. The number of halogens is 3. The molecule has 0 aliphatic carbocycles. The summed E-state index contributed by atoms with van der Waals surface area (Å²) in [5.41, 5.74) is 0.231. The molecule has 0 saturated heterocycles. The Morgan fingerprint density at radius 3 is 2.89 bits per heavy atom. The summed E-state index contributed by atoms with van der Waals surface area (Å²) >= 11 is 11.4. The highest BCUT2D eigenvalue weighted by Crippen LogP contribution is 2.15. The maximum Gasteiger partial charge on any atom is 0.251 e. The van der Waals surface area contributed by atoms with E-state index in [0.29, 0.717) is 19.6 Å². The largest absolute Gasteiger partial charge is 0.383 e. The van der Waals surface area contributed by atoms with E-state index in [1.807, 2.05) is 0 Å². The summed E-state index contributed by atoms with van der Waals surface area (Å²) in [5, 5.41) is 2.48. The number of carbonyl (C=O) groups is 1. The molecule has 100 valence electrons. The number of amides is 1. The van der Waals surface area contributed by atoms with E-state index in [2.05, 4.69) is 5.32 Å². The lowest BCUT2D eigenvalue weighted by atomic mass is 10.2. The average Bonchev–Trinajstić information content (AvgIpc) is 2.33. The van der Waals surface area contributed by atoms with E-state index in [1.54, 1.807) is 7.11 Å². The third-order valence-electron chi connectivity index (χ3n) is 2.27. The summed E-state index contributed by atoms with van der Waals surface area (Å²) < 4.78 is 18.0. The van der Waals surface area contributed by atoms with Gasteiger partial charge in [-0.25, -0.2) is 4.39 Å². The van der Waals surface area contributed by atoms with Gasteiger partial charge in [0.25, 0.3) is 5.91 Å². The number of hydrogen-bond donors (Lipinski definition) is 1. The standard InChI is InChI=1S/C12H14Cl2FNO2/c1-18-7-9(13)4-5-16-12(17)8-2-3-10(14)11(15)6-8/h2-3,6,9H,4-5,7H2,1H3,(H,16,17). The molecule has 0 heterocycles. The Hall–Kier alpha value is -0.840. The van der Waals surface area contributed by atoms with Crippen molar-refractivity contribution in [2.45, 2.75) is 11.8 Å². The molecule has 1 rings (SSSR count). The molecule has 0 aromatic heterocycles. The molecule has 0 bridgehead atoms. The number of alkyl halides is 1. The Balaban J connectivity index is 2.43. The summed E-state index contributed by atoms with van der Waals surface area (Å²) in [7, 11) is 1.56. The fraction of sp³-hybridized carbons (Fsp3) is 0.417. The van der Waals surface area contributed by atoms with Crippen LogP contribution in [0, 0.1) is 5.82 Å². The van der Waals surface area contributed by atoms with Crippen molar-refractivity contribution < 1.29 is 13.9 Å². The molecule has 0 spiro atoms. The van der Waals surface area contributed by atoms with Crippen molar-refractivity contribution in [1.29, 1.82) is 0 Å². The second kappa shape index (κ2) is 7.56. The molecule has 0 fully saturated rings. The van der Waals surface area contributed by atoms with Crippen LogP contribution in [-0.2, 0) is 4.74 Å². The van der Waals surface area contributed by atoms with E-state index in [4.69, 9.17) is 27.9 Å². The zero-order chi connectivity index (χ0) is 13.5. The normalized spacial score (nSPS) is 12.2. The number of nitrogens with one attached hydrogen (secondary N) is 1. The van der Waals surface area contributed by atoms with Gasteiger partial charge in [0.15, 0.2) is 0 Å². The molecule has 1 atom stereocenters. The van der Waals surface area contributed by atoms with Crippen LogP contribution in [0.2, 0.25) is 5.02 Å². The zero-order valence-electron chi connectivity index (χ0n) is 9.88. The molecule has 0 aliphatic rings. The predicted octanol–water partition coefficient (Wildman–Crippen LogP) is 2.85. The van der Waals surface area contributed by atoms with Crippen LogP contribution in [-0.4, -0.2) is 31.5 Å². The van der Waals surface area contributed by atoms with Gasteiger partial charge in [0.05, 0.1) is 17.0 Å². The molecule has 0 radical (unpaired) electrons. The average molecular weight is 294 g/mol. The van der Waals surface area contributed by atoms with Crippen molar-refractivity contribution in [3.63, 3.8) is 0 Å². The molecule has 3 nitrogen and oxygen atoms in total. The molecule has 1 N–H and O–H groups in total. The second-order valence-corrected chi connectivity index (χ2v) is 4.75. The van der Waals surface area contributed by atoms with Gasteiger partial charge in [0, 0.05) is 19.2 Å². The van der Waals surface area contributed by atoms with Crippen LogP contribution >= 0.6 is 23.2 Å². The molecule has 1 aromatic carbocycles. The van der Waals surface area contributed by atoms with Gasteiger partial charge in [-0.2, -0.15) is 0 Å². The first-order chi connectivity index (χ1) is 8.54. The smallest absolute Gasteiger partial charge is 0.251 e. The van der Waals surface area contributed by atoms with Crippen molar-refractivity contribution in [2.24, 2.45) is 0 Å². The lowest BCUT2D eigenvalue weighted by Crippen LogP contribution is -2.27. The Morgan fingerprint density at radius 2 is 2.28 bits per heavy atom. The minimum Gasteiger partial charge on any atom is -0.383 e. The molecule has 1 aromatic rings. The molecule has 6 heteroatoms. The van der Waals surface area contributed by atoms with Gasteiger partial charge in [-0.1, -0.05) is 11.6 Å². The minimum absolute atomic E-state index is 0.00698. The van der Waals surface area contributed by atoms with E-state index >= 15 is 0 Å². The van der Waals surface area contributed by atoms with Crippen LogP contribution in [0.1, 0.15) is 16.8 Å². The number of hydrogen-bond acceptors (Lipinski definition) is 2. The Bertz CT molecular complexity index is 415. The van der Waals surface area contributed by atoms with Crippen molar-refractivity contribution in [1.82, 2.24) is 5.32 Å². The Morgan fingerprint density at radius 1 is 1.56 bits per heavy atom. The van der Waals surface area contributed by atoms with Crippen LogP contribution in [0.3, 0.4) is 0 Å². The van der Waals surface area contributed by atoms with E-state index in [1.165, 1.54) is 12.1 Å². The number of carbonyl (C=O) groups excluding carboxylic acids is 1. The highest BCUT2D eigenvalue weighted by atomic mass is 35.5. The van der Waals surface area contributed by atoms with Gasteiger partial charge in [0.2, 0.25) is 0 Å². The van der Waals surface area contributed by atoms with Gasteiger partial charge < -0.3 is 10.1 Å². The molecule has 0 aliphatic heterocycles. The first-order valence-corrected chi connectivity index (χ1v) is 6.22. The summed E-state index contributed by atoms with van der Waals surface area (Å²) in [6.07, 6.45) is 0.581. The third-order valence-corrected chi connectivity index (χ3v) is 2.92. The van der Waals surface area contributed by atoms with E-state index in [0.717, 1.165) is 6.07 Å². The SMILES string of the molecule is COCC(Cl)CCNC(=O)c1ccc(Cl)c(F)c1. The maximum atomic E-state index is 13.1. The van der Waals surface area contributed by atoms with Gasteiger partial charge >= 0.3 is 0 Å². The third kappa shape index (κ3) is 4.80. The van der Waals surface area contributed by atoms with Crippen LogP contribution in [0.15, 0.2) is 18.2 Å². The highest BCUT2D eigenvalue weighted by molar-refractivity contribution is 6.30. The van der Waals surface area contributed by atoms with Crippen molar-refractivity contribution in [3.8, 4) is 0 Å². The monoisotopic (exact) mass is 293 g/mol. The lowest BCUT2D eigenvalue weighted by Gasteiger charge is -2.09. The number of benzene rings is 1. The molecular formula is C12H14Cl2FNO2. The van der Waals surface area contributed by atoms with E-state index < -0.39 is 5.82 Å². The summed E-state index contributed by atoms with van der Waals surface area (Å²) in [6, 6.07) is 3.92. The molecule has 1 unspecified atom stereocenters. The first-order valence-electron chi connectivity index (χ1n) is 5.41. The van der Waals surface area contributed by atoms with Gasteiger partial charge in [-0.3, -0.25) is 4.79 Å². The van der Waals surface area contributed by atoms with Gasteiger partial charge in [-0.15, -0.1) is 11.6 Å². The fourth-order valence-electron chi connectivity index (χ4n) is 1.35. The summed E-state index contributed by atoms with van der Waals surface area (Å²) in [6.45, 7) is 0.827. The van der Waals surface area contributed by atoms with Crippen molar-refractivity contribution in [2.75, 3.05) is 20.3 Å². The zero-order valence-corrected chi connectivity index (χ0v) is 11.4. The van der Waals surface area contributed by atoms with Crippen LogP contribution in [0.4, 0.5) is 4.39 Å². The van der Waals surface area contributed by atoms with E-state index in [-0.39, 0.29) is 21.9 Å². The first kappa shape index (κ1) is 15.2. The molecular weight excluding hydrogens is 280 g/mol. The minimum atomic E-state index is -0.612. The maximum absolute atomic E-state index is 13.1. The van der Waals surface area contributed by atoms with Gasteiger partial charge in [0.1, 0.15) is 5.82 Å². The van der Waals surface area contributed by atoms with Crippen LogP contribution in [0.25, 0.3) is 0 Å². The molecule has 1 amide bonds. The topological polar surface area (TPSA) is 38.3 Å². The Kier molecular flexibility index (Phi) is 6.39. The number of methoxy groups -OCH3 is 1. The van der Waals surface area contributed by atoms with E-state index in [9.17, 15) is 9.18 Å². The van der Waals surface area contributed by atoms with Gasteiger partial charge in [-0.05, 0) is 24.6 Å². The molecule has 18 heavy (non-hydrogen) atoms. The second-order valence-electron chi connectivity index (χ2n) is 3.73. The summed E-state index contributed by atoms with van der Waals surface area (Å²) in [4.78, 5) is 11.7. The van der Waals surface area contributed by atoms with Crippen LogP contribution in [0.5, 0.6) is 0 Å². The Labute approximate surface area is 115 Å². The van der Waals surface area contributed by atoms with Crippen LogP contribution < -0.4 is 5.32 Å². The number of rotatable bonds is 6. The van der Waals surface area contributed by atoms with Crippen molar-refractivity contribution in [3.05, 3.63) is 34.6 Å². The quantitative estimate of drug-likeness (QED) is 0.819. The highest BCUT2D eigenvalue weighted by Gasteiger charge is 2.09. The summed E-state index contributed by atoms with van der Waals surface area (Å²) in [5.74, 6) is -0.967. The fourth-order valence-corrected chi connectivity index (χ4v) is 1.70.